The van der Waals surface area contributed by atoms with Crippen molar-refractivity contribution in [3.05, 3.63) is 59.7 Å². The summed E-state index contributed by atoms with van der Waals surface area (Å²) in [6, 6.07) is 15.1. The van der Waals surface area contributed by atoms with E-state index in [9.17, 15) is 9.18 Å². The van der Waals surface area contributed by atoms with Gasteiger partial charge in [-0.25, -0.2) is 4.39 Å². The van der Waals surface area contributed by atoms with E-state index in [0.29, 0.717) is 17.7 Å². The van der Waals surface area contributed by atoms with Crippen LogP contribution in [0.15, 0.2) is 48.5 Å². The molecule has 0 fully saturated rings. The Morgan fingerprint density at radius 3 is 2.03 bits per heavy atom. The van der Waals surface area contributed by atoms with E-state index < -0.39 is 6.67 Å². The molecule has 0 aromatic heterocycles. The minimum Gasteiger partial charge on any atom is -0.352 e. The number of hydrogen-bond donors (Lipinski definition) is 1. The lowest BCUT2D eigenvalue weighted by atomic mass is 9.95. The molecule has 0 saturated carbocycles. The molecule has 0 aliphatic rings. The van der Waals surface area contributed by atoms with E-state index in [1.54, 1.807) is 6.07 Å². The summed E-state index contributed by atoms with van der Waals surface area (Å²) < 4.78 is 13.8. The van der Waals surface area contributed by atoms with Crippen LogP contribution in [0.25, 0.3) is 11.1 Å². The summed E-state index contributed by atoms with van der Waals surface area (Å²) in [5.74, 6) is -0.175. The largest absolute Gasteiger partial charge is 0.352 e. The molecule has 158 valence electrons. The van der Waals surface area contributed by atoms with Gasteiger partial charge in [-0.1, -0.05) is 107 Å². The highest BCUT2D eigenvalue weighted by Gasteiger charge is 2.15. The second-order valence-electron chi connectivity index (χ2n) is 7.77. The highest BCUT2D eigenvalue weighted by atomic mass is 19.1. The molecular weight excluding hydrogens is 361 g/mol. The Labute approximate surface area is 175 Å². The smallest absolute Gasteiger partial charge is 0.251 e. The fourth-order valence-electron chi connectivity index (χ4n) is 3.74. The Morgan fingerprint density at radius 2 is 1.41 bits per heavy atom. The van der Waals surface area contributed by atoms with Gasteiger partial charge < -0.3 is 5.32 Å². The van der Waals surface area contributed by atoms with Crippen LogP contribution in [0.3, 0.4) is 0 Å². The third kappa shape index (κ3) is 8.00. The molecule has 2 aromatic carbocycles. The average Bonchev–Trinajstić information content (AvgIpc) is 2.77. The number of unbranched alkanes of at least 4 members (excludes halogenated alkanes) is 9. The van der Waals surface area contributed by atoms with Gasteiger partial charge in [0.05, 0.1) is 0 Å². The third-order valence-corrected chi connectivity index (χ3v) is 5.45. The van der Waals surface area contributed by atoms with Crippen LogP contribution >= 0.6 is 0 Å². The van der Waals surface area contributed by atoms with Gasteiger partial charge in [0.1, 0.15) is 6.67 Å². The number of carbonyl (C=O) groups is 1. The van der Waals surface area contributed by atoms with Crippen molar-refractivity contribution in [3.8, 4) is 11.1 Å². The topological polar surface area (TPSA) is 29.1 Å². The van der Waals surface area contributed by atoms with Gasteiger partial charge in [-0.3, -0.25) is 4.79 Å². The van der Waals surface area contributed by atoms with E-state index in [0.717, 1.165) is 24.0 Å². The van der Waals surface area contributed by atoms with Crippen molar-refractivity contribution in [3.63, 3.8) is 0 Å². The molecule has 0 bridgehead atoms. The van der Waals surface area contributed by atoms with E-state index in [1.165, 1.54) is 51.4 Å². The maximum Gasteiger partial charge on any atom is 0.251 e. The standard InChI is InChI=1S/C26H36FNO/c1-2-3-4-5-6-7-8-9-10-14-20-28-26(29)24-19-15-18-23(25(24)21-27)22-16-12-11-13-17-22/h11-13,15-19H,2-10,14,20-21H2,1H3,(H,28,29). The van der Waals surface area contributed by atoms with Crippen molar-refractivity contribution in [2.75, 3.05) is 6.54 Å². The van der Waals surface area contributed by atoms with E-state index >= 15 is 0 Å². The minimum absolute atomic E-state index is 0.175. The monoisotopic (exact) mass is 397 g/mol. The molecule has 0 spiro atoms. The fraction of sp³-hybridized carbons (Fsp3) is 0.500. The van der Waals surface area contributed by atoms with Crippen molar-refractivity contribution >= 4 is 5.91 Å². The predicted molar refractivity (Wildman–Crippen MR) is 121 cm³/mol. The molecule has 1 amide bonds. The molecular formula is C26H36FNO. The molecule has 0 radical (unpaired) electrons. The van der Waals surface area contributed by atoms with Crippen LogP contribution in [0.5, 0.6) is 0 Å². The van der Waals surface area contributed by atoms with Crippen LogP contribution in [0.4, 0.5) is 4.39 Å². The van der Waals surface area contributed by atoms with E-state index in [1.807, 2.05) is 42.5 Å². The van der Waals surface area contributed by atoms with Crippen molar-refractivity contribution in [1.29, 1.82) is 0 Å². The third-order valence-electron chi connectivity index (χ3n) is 5.45. The van der Waals surface area contributed by atoms with Gasteiger partial charge >= 0.3 is 0 Å². The number of alkyl halides is 1. The van der Waals surface area contributed by atoms with Gasteiger partial charge in [0.25, 0.3) is 5.91 Å². The Kier molecular flexibility index (Phi) is 11.1. The fourth-order valence-corrected chi connectivity index (χ4v) is 3.74. The van der Waals surface area contributed by atoms with Crippen LogP contribution in [-0.2, 0) is 6.67 Å². The highest BCUT2D eigenvalue weighted by Crippen LogP contribution is 2.27. The molecule has 2 nitrogen and oxygen atoms in total. The van der Waals surface area contributed by atoms with Gasteiger partial charge in [-0.2, -0.15) is 0 Å². The van der Waals surface area contributed by atoms with E-state index in [4.69, 9.17) is 0 Å². The molecule has 29 heavy (non-hydrogen) atoms. The lowest BCUT2D eigenvalue weighted by Crippen LogP contribution is -2.25. The van der Waals surface area contributed by atoms with Crippen molar-refractivity contribution in [2.24, 2.45) is 0 Å². The Hall–Kier alpha value is -2.16. The predicted octanol–water partition coefficient (Wildman–Crippen LogP) is 7.47. The summed E-state index contributed by atoms with van der Waals surface area (Å²) in [6.07, 6.45) is 12.7. The summed E-state index contributed by atoms with van der Waals surface area (Å²) >= 11 is 0. The van der Waals surface area contributed by atoms with Crippen LogP contribution in [-0.4, -0.2) is 12.5 Å². The van der Waals surface area contributed by atoms with Gasteiger partial charge in [-0.05, 0) is 23.6 Å². The minimum atomic E-state index is -0.647. The SMILES string of the molecule is CCCCCCCCCCCCNC(=O)c1cccc(-c2ccccc2)c1CF. The second-order valence-corrected chi connectivity index (χ2v) is 7.77. The zero-order valence-corrected chi connectivity index (χ0v) is 17.9. The molecule has 2 aromatic rings. The normalized spacial score (nSPS) is 10.8. The first-order valence-electron chi connectivity index (χ1n) is 11.3. The van der Waals surface area contributed by atoms with Crippen LogP contribution in [0, 0.1) is 0 Å². The molecule has 0 unspecified atom stereocenters. The quantitative estimate of drug-likeness (QED) is 0.329. The maximum absolute atomic E-state index is 13.8. The van der Waals surface area contributed by atoms with Crippen LogP contribution in [0.2, 0.25) is 0 Å². The van der Waals surface area contributed by atoms with Gasteiger partial charge in [-0.15, -0.1) is 0 Å². The lowest BCUT2D eigenvalue weighted by molar-refractivity contribution is 0.0951. The molecule has 3 heteroatoms. The summed E-state index contributed by atoms with van der Waals surface area (Å²) in [6.45, 7) is 2.25. The van der Waals surface area contributed by atoms with E-state index in [2.05, 4.69) is 12.2 Å². The first kappa shape index (κ1) is 23.1. The van der Waals surface area contributed by atoms with Gasteiger partial charge in [0.15, 0.2) is 0 Å². The number of nitrogens with one attached hydrogen (secondary N) is 1. The number of carbonyl (C=O) groups excluding carboxylic acids is 1. The van der Waals surface area contributed by atoms with Crippen molar-refractivity contribution in [2.45, 2.75) is 77.8 Å². The Bertz CT molecular complexity index is 714. The molecule has 2 rings (SSSR count). The first-order valence-corrected chi connectivity index (χ1v) is 11.3. The second kappa shape index (κ2) is 13.9. The Morgan fingerprint density at radius 1 is 0.793 bits per heavy atom. The van der Waals surface area contributed by atoms with Crippen LogP contribution < -0.4 is 5.32 Å². The van der Waals surface area contributed by atoms with Gasteiger partial charge in [0, 0.05) is 17.7 Å². The summed E-state index contributed by atoms with van der Waals surface area (Å²) in [7, 11) is 0. The average molecular weight is 398 g/mol. The van der Waals surface area contributed by atoms with Crippen molar-refractivity contribution < 1.29 is 9.18 Å². The number of rotatable bonds is 14. The zero-order chi connectivity index (χ0) is 20.7. The number of amides is 1. The van der Waals surface area contributed by atoms with Crippen LogP contribution in [0.1, 0.15) is 87.1 Å². The molecule has 1 N–H and O–H groups in total. The summed E-state index contributed by atoms with van der Waals surface area (Å²) in [5.41, 5.74) is 2.64. The summed E-state index contributed by atoms with van der Waals surface area (Å²) in [4.78, 5) is 12.6. The summed E-state index contributed by atoms with van der Waals surface area (Å²) in [5, 5.41) is 2.97. The molecule has 0 aliphatic heterocycles. The molecule has 0 aliphatic carbocycles. The molecule has 0 saturated heterocycles. The van der Waals surface area contributed by atoms with Gasteiger partial charge in [0.2, 0.25) is 0 Å². The molecule has 0 atom stereocenters. The maximum atomic E-state index is 13.8. The van der Waals surface area contributed by atoms with Crippen molar-refractivity contribution in [1.82, 2.24) is 5.32 Å². The number of hydrogen-bond acceptors (Lipinski definition) is 1. The highest BCUT2D eigenvalue weighted by molar-refractivity contribution is 5.97. The first-order chi connectivity index (χ1) is 14.3. The molecule has 0 heterocycles. The number of halogens is 1. The number of benzene rings is 2. The zero-order valence-electron chi connectivity index (χ0n) is 17.9. The lowest BCUT2D eigenvalue weighted by Gasteiger charge is -2.13. The Balaban J connectivity index is 1.73. The van der Waals surface area contributed by atoms with E-state index in [-0.39, 0.29) is 5.91 Å².